The SMILES string of the molecule is COC(=O)c1ccnc(N)c1.Nc1cc(C(=O)O)ccn1. The number of hydrogen-bond donors (Lipinski definition) is 3. The number of rotatable bonds is 2. The highest BCUT2D eigenvalue weighted by Gasteiger charge is 2.03. The molecule has 2 rings (SSSR count). The van der Waals surface area contributed by atoms with Gasteiger partial charge in [0.05, 0.1) is 18.2 Å². The van der Waals surface area contributed by atoms with Crippen LogP contribution in [-0.4, -0.2) is 34.1 Å². The van der Waals surface area contributed by atoms with Crippen LogP contribution in [0.4, 0.5) is 11.6 Å². The lowest BCUT2D eigenvalue weighted by atomic mass is 10.3. The Kier molecular flexibility index (Phi) is 5.63. The summed E-state index contributed by atoms with van der Waals surface area (Å²) in [4.78, 5) is 28.5. The number of carboxylic acids is 1. The number of nitrogen functional groups attached to an aromatic ring is 2. The summed E-state index contributed by atoms with van der Waals surface area (Å²) in [5.41, 5.74) is 11.1. The molecule has 0 saturated heterocycles. The fourth-order valence-electron chi connectivity index (χ4n) is 1.27. The van der Waals surface area contributed by atoms with E-state index >= 15 is 0 Å². The van der Waals surface area contributed by atoms with Crippen LogP contribution in [0.3, 0.4) is 0 Å². The third-order valence-corrected chi connectivity index (χ3v) is 2.23. The molecule has 2 aromatic heterocycles. The Morgan fingerprint density at radius 3 is 1.90 bits per heavy atom. The van der Waals surface area contributed by atoms with E-state index in [9.17, 15) is 9.59 Å². The summed E-state index contributed by atoms with van der Waals surface area (Å²) in [5, 5.41) is 8.43. The lowest BCUT2D eigenvalue weighted by molar-refractivity contribution is 0.0599. The number of pyridine rings is 2. The van der Waals surface area contributed by atoms with Crippen molar-refractivity contribution in [2.45, 2.75) is 0 Å². The van der Waals surface area contributed by atoms with Crippen LogP contribution in [0.5, 0.6) is 0 Å². The van der Waals surface area contributed by atoms with E-state index in [2.05, 4.69) is 14.7 Å². The lowest BCUT2D eigenvalue weighted by Gasteiger charge is -1.97. The molecule has 2 heterocycles. The van der Waals surface area contributed by atoms with Crippen LogP contribution in [0.15, 0.2) is 36.7 Å². The molecule has 0 aromatic carbocycles. The second-order valence-corrected chi connectivity index (χ2v) is 3.74. The van der Waals surface area contributed by atoms with Gasteiger partial charge in [0.2, 0.25) is 0 Å². The first-order valence-corrected chi connectivity index (χ1v) is 5.68. The number of carboxylic acid groups (broad SMARTS) is 1. The third-order valence-electron chi connectivity index (χ3n) is 2.23. The van der Waals surface area contributed by atoms with E-state index in [0.717, 1.165) is 0 Å². The fourth-order valence-corrected chi connectivity index (χ4v) is 1.27. The highest BCUT2D eigenvalue weighted by molar-refractivity contribution is 5.89. The lowest BCUT2D eigenvalue weighted by Crippen LogP contribution is -2.02. The van der Waals surface area contributed by atoms with E-state index in [-0.39, 0.29) is 11.4 Å². The van der Waals surface area contributed by atoms with E-state index in [4.69, 9.17) is 16.6 Å². The minimum atomic E-state index is -0.992. The maximum atomic E-state index is 10.9. The van der Waals surface area contributed by atoms with Gasteiger partial charge in [-0.2, -0.15) is 0 Å². The normalized spacial score (nSPS) is 9.19. The Bertz CT molecular complexity index is 646. The first-order chi connectivity index (χ1) is 9.93. The molecule has 5 N–H and O–H groups in total. The van der Waals surface area contributed by atoms with Crippen LogP contribution in [0.25, 0.3) is 0 Å². The van der Waals surface area contributed by atoms with Crippen LogP contribution in [-0.2, 0) is 4.74 Å². The molecule has 21 heavy (non-hydrogen) atoms. The van der Waals surface area contributed by atoms with Crippen molar-refractivity contribution in [3.05, 3.63) is 47.8 Å². The van der Waals surface area contributed by atoms with Crippen molar-refractivity contribution < 1.29 is 19.4 Å². The van der Waals surface area contributed by atoms with Crippen molar-refractivity contribution in [2.75, 3.05) is 18.6 Å². The maximum Gasteiger partial charge on any atom is 0.338 e. The molecule has 0 fully saturated rings. The predicted octanol–water partition coefficient (Wildman–Crippen LogP) is 0.812. The topological polar surface area (TPSA) is 141 Å². The fraction of sp³-hybridized carbons (Fsp3) is 0.0769. The number of carbonyl (C=O) groups is 2. The summed E-state index contributed by atoms with van der Waals surface area (Å²) in [7, 11) is 1.32. The van der Waals surface area contributed by atoms with Crippen LogP contribution >= 0.6 is 0 Å². The molecule has 110 valence electrons. The molecule has 8 nitrogen and oxygen atoms in total. The smallest absolute Gasteiger partial charge is 0.338 e. The van der Waals surface area contributed by atoms with Crippen LogP contribution < -0.4 is 11.5 Å². The van der Waals surface area contributed by atoms with Gasteiger partial charge in [0, 0.05) is 12.4 Å². The summed E-state index contributed by atoms with van der Waals surface area (Å²) in [6.45, 7) is 0. The first-order valence-electron chi connectivity index (χ1n) is 5.68. The zero-order chi connectivity index (χ0) is 15.8. The number of aromatic carboxylic acids is 1. The van der Waals surface area contributed by atoms with Gasteiger partial charge >= 0.3 is 11.9 Å². The molecule has 0 bridgehead atoms. The summed E-state index contributed by atoms with van der Waals surface area (Å²) >= 11 is 0. The average Bonchev–Trinajstić information content (AvgIpc) is 2.47. The Morgan fingerprint density at radius 1 is 1.05 bits per heavy atom. The predicted molar refractivity (Wildman–Crippen MR) is 75.6 cm³/mol. The minimum Gasteiger partial charge on any atom is -0.478 e. The monoisotopic (exact) mass is 290 g/mol. The molecule has 8 heteroatoms. The van der Waals surface area contributed by atoms with E-state index in [1.807, 2.05) is 0 Å². The van der Waals surface area contributed by atoms with Crippen molar-refractivity contribution >= 4 is 23.6 Å². The number of esters is 1. The van der Waals surface area contributed by atoms with E-state index < -0.39 is 11.9 Å². The molecule has 0 aliphatic heterocycles. The minimum absolute atomic E-state index is 0.160. The van der Waals surface area contributed by atoms with E-state index in [0.29, 0.717) is 11.4 Å². The van der Waals surface area contributed by atoms with Gasteiger partial charge in [0.1, 0.15) is 11.6 Å². The number of methoxy groups -OCH3 is 1. The van der Waals surface area contributed by atoms with Crippen molar-refractivity contribution in [1.29, 1.82) is 0 Å². The molecule has 0 unspecified atom stereocenters. The van der Waals surface area contributed by atoms with Gasteiger partial charge < -0.3 is 21.3 Å². The molecule has 0 aliphatic rings. The van der Waals surface area contributed by atoms with Gasteiger partial charge in [0.15, 0.2) is 0 Å². The summed E-state index contributed by atoms with van der Waals surface area (Å²) in [6.07, 6.45) is 2.82. The summed E-state index contributed by atoms with van der Waals surface area (Å²) in [5.74, 6) is -0.860. The van der Waals surface area contributed by atoms with Crippen LogP contribution in [0, 0.1) is 0 Å². The largest absolute Gasteiger partial charge is 0.478 e. The number of ether oxygens (including phenoxy) is 1. The molecule has 0 amide bonds. The Labute approximate surface area is 120 Å². The first kappa shape index (κ1) is 15.9. The van der Waals surface area contributed by atoms with Crippen molar-refractivity contribution in [3.63, 3.8) is 0 Å². The number of aromatic nitrogens is 2. The van der Waals surface area contributed by atoms with Gasteiger partial charge in [0.25, 0.3) is 0 Å². The number of carbonyl (C=O) groups excluding carboxylic acids is 1. The number of nitrogens with zero attached hydrogens (tertiary/aromatic N) is 2. The highest BCUT2D eigenvalue weighted by atomic mass is 16.5. The molecular formula is C13H14N4O4. The summed E-state index contributed by atoms with van der Waals surface area (Å²) in [6, 6.07) is 5.70. The number of nitrogens with two attached hydrogens (primary N) is 2. The van der Waals surface area contributed by atoms with Crippen molar-refractivity contribution in [1.82, 2.24) is 9.97 Å². The molecular weight excluding hydrogens is 276 g/mol. The van der Waals surface area contributed by atoms with Gasteiger partial charge in [-0.15, -0.1) is 0 Å². The van der Waals surface area contributed by atoms with Gasteiger partial charge in [-0.05, 0) is 24.3 Å². The molecule has 0 spiro atoms. The van der Waals surface area contributed by atoms with Crippen LogP contribution in [0.2, 0.25) is 0 Å². The number of anilines is 2. The summed E-state index contributed by atoms with van der Waals surface area (Å²) < 4.78 is 4.47. The van der Waals surface area contributed by atoms with Gasteiger partial charge in [-0.25, -0.2) is 19.6 Å². The average molecular weight is 290 g/mol. The molecule has 0 aliphatic carbocycles. The van der Waals surface area contributed by atoms with Crippen LogP contribution in [0.1, 0.15) is 20.7 Å². The van der Waals surface area contributed by atoms with E-state index in [1.54, 1.807) is 6.07 Å². The molecule has 2 aromatic rings. The van der Waals surface area contributed by atoms with Crippen molar-refractivity contribution in [3.8, 4) is 0 Å². The Balaban J connectivity index is 0.000000211. The highest BCUT2D eigenvalue weighted by Crippen LogP contribution is 2.03. The zero-order valence-electron chi connectivity index (χ0n) is 11.2. The Hall–Kier alpha value is -3.16. The third kappa shape index (κ3) is 5.15. The van der Waals surface area contributed by atoms with Gasteiger partial charge in [-0.1, -0.05) is 0 Å². The second-order valence-electron chi connectivity index (χ2n) is 3.74. The Morgan fingerprint density at radius 2 is 1.52 bits per heavy atom. The van der Waals surface area contributed by atoms with Crippen molar-refractivity contribution in [2.24, 2.45) is 0 Å². The maximum absolute atomic E-state index is 10.9. The van der Waals surface area contributed by atoms with E-state index in [1.165, 1.54) is 37.7 Å². The second kappa shape index (κ2) is 7.43. The van der Waals surface area contributed by atoms with Gasteiger partial charge in [-0.3, -0.25) is 0 Å². The quantitative estimate of drug-likeness (QED) is 0.690. The standard InChI is InChI=1S/C7H8N2O2.C6H6N2O2/c1-11-7(10)5-2-3-9-6(8)4-5;7-5-3-4(6(9)10)1-2-8-5/h2-4H,1H3,(H2,8,9);1-3H,(H2,7,8)(H,9,10). The molecule has 0 saturated carbocycles. The molecule has 0 atom stereocenters. The molecule has 0 radical (unpaired) electrons. The number of hydrogen-bond acceptors (Lipinski definition) is 7. The zero-order valence-corrected chi connectivity index (χ0v) is 11.2.